The number of hydrogen-bond donors (Lipinski definition) is 2. The lowest BCUT2D eigenvalue weighted by Gasteiger charge is -2.33. The number of amides is 2. The Balaban J connectivity index is 2.28. The zero-order valence-electron chi connectivity index (χ0n) is 12.4. The number of carbonyl (C=O) groups is 2. The van der Waals surface area contributed by atoms with Crippen molar-refractivity contribution in [3.05, 3.63) is 29.3 Å². The molecule has 0 bridgehead atoms. The normalized spacial score (nSPS) is 13.7. The summed E-state index contributed by atoms with van der Waals surface area (Å²) in [5.74, 6) is -0.940. The van der Waals surface area contributed by atoms with Crippen molar-refractivity contribution >= 4 is 17.7 Å². The van der Waals surface area contributed by atoms with Gasteiger partial charge < -0.3 is 15.3 Å². The number of benzene rings is 1. The van der Waals surface area contributed by atoms with Gasteiger partial charge in [-0.25, -0.2) is 9.59 Å². The summed E-state index contributed by atoms with van der Waals surface area (Å²) in [6, 6.07) is 5.03. The zero-order chi connectivity index (χ0) is 15.4. The Labute approximate surface area is 124 Å². The van der Waals surface area contributed by atoms with Gasteiger partial charge >= 0.3 is 12.0 Å². The van der Waals surface area contributed by atoms with Crippen molar-refractivity contribution in [1.82, 2.24) is 10.2 Å². The van der Waals surface area contributed by atoms with Crippen LogP contribution in [0.1, 0.15) is 22.3 Å². The summed E-state index contributed by atoms with van der Waals surface area (Å²) in [6.07, 6.45) is 1.48. The summed E-state index contributed by atoms with van der Waals surface area (Å²) in [7, 11) is 3.60. The van der Waals surface area contributed by atoms with E-state index in [1.54, 1.807) is 29.0 Å². The maximum absolute atomic E-state index is 12.5. The number of likely N-dealkylation sites (N-methyl/N-ethyl adjacent to an activating group) is 2. The van der Waals surface area contributed by atoms with E-state index in [1.165, 1.54) is 0 Å². The van der Waals surface area contributed by atoms with E-state index in [4.69, 9.17) is 0 Å². The highest BCUT2D eigenvalue weighted by Crippen LogP contribution is 2.30. The smallest absolute Gasteiger partial charge is 0.336 e. The van der Waals surface area contributed by atoms with Crippen molar-refractivity contribution < 1.29 is 14.7 Å². The molecule has 0 fully saturated rings. The van der Waals surface area contributed by atoms with Crippen molar-refractivity contribution in [2.75, 3.05) is 38.6 Å². The van der Waals surface area contributed by atoms with Gasteiger partial charge in [0, 0.05) is 32.4 Å². The maximum atomic E-state index is 12.5. The molecule has 6 heteroatoms. The Hall–Kier alpha value is -2.08. The minimum absolute atomic E-state index is 0.0891. The molecular weight excluding hydrogens is 270 g/mol. The molecule has 2 rings (SSSR count). The Morgan fingerprint density at radius 2 is 2.19 bits per heavy atom. The fraction of sp³-hybridized carbons (Fsp3) is 0.467. The Morgan fingerprint density at radius 3 is 2.86 bits per heavy atom. The molecule has 2 N–H and O–H groups in total. The molecule has 21 heavy (non-hydrogen) atoms. The third kappa shape index (κ3) is 3.16. The number of carboxylic acid groups (broad SMARTS) is 1. The van der Waals surface area contributed by atoms with Crippen LogP contribution in [0.3, 0.4) is 0 Å². The van der Waals surface area contributed by atoms with Crippen LogP contribution in [0, 0.1) is 0 Å². The Bertz CT molecular complexity index is 545. The first-order valence-electron chi connectivity index (χ1n) is 7.08. The summed E-state index contributed by atoms with van der Waals surface area (Å²) >= 11 is 0. The second kappa shape index (κ2) is 6.58. The molecule has 1 aromatic rings. The molecular formula is C15H21N3O3. The third-order valence-electron chi connectivity index (χ3n) is 3.74. The number of hydrogen-bond acceptors (Lipinski definition) is 3. The van der Waals surface area contributed by atoms with E-state index in [1.807, 2.05) is 13.1 Å². The molecule has 0 unspecified atom stereocenters. The highest BCUT2D eigenvalue weighted by Gasteiger charge is 2.27. The topological polar surface area (TPSA) is 72.9 Å². The number of carbonyl (C=O) groups excluding carboxylic acids is 1. The number of anilines is 1. The highest BCUT2D eigenvalue weighted by atomic mass is 16.4. The number of aromatic carboxylic acids is 1. The van der Waals surface area contributed by atoms with Gasteiger partial charge in [0.1, 0.15) is 0 Å². The van der Waals surface area contributed by atoms with E-state index >= 15 is 0 Å². The van der Waals surface area contributed by atoms with E-state index in [2.05, 4.69) is 5.32 Å². The molecule has 2 amide bonds. The summed E-state index contributed by atoms with van der Waals surface area (Å²) in [4.78, 5) is 27.2. The maximum Gasteiger partial charge on any atom is 0.336 e. The summed E-state index contributed by atoms with van der Waals surface area (Å²) in [6.45, 7) is 1.96. The third-order valence-corrected chi connectivity index (χ3v) is 3.74. The lowest BCUT2D eigenvalue weighted by Crippen LogP contribution is -2.45. The Kier molecular flexibility index (Phi) is 4.80. The highest BCUT2D eigenvalue weighted by molar-refractivity contribution is 5.97. The predicted octanol–water partition coefficient (Wildman–Crippen LogP) is 1.41. The van der Waals surface area contributed by atoms with Gasteiger partial charge in [-0.15, -0.1) is 0 Å². The van der Waals surface area contributed by atoms with Crippen LogP contribution in [0.4, 0.5) is 10.5 Å². The van der Waals surface area contributed by atoms with Crippen LogP contribution in [0.2, 0.25) is 0 Å². The van der Waals surface area contributed by atoms with Gasteiger partial charge in [0.05, 0.1) is 5.56 Å². The molecule has 1 aromatic carbocycles. The average Bonchev–Trinajstić information content (AvgIpc) is 2.50. The molecule has 6 nitrogen and oxygen atoms in total. The fourth-order valence-electron chi connectivity index (χ4n) is 2.60. The van der Waals surface area contributed by atoms with Crippen LogP contribution in [-0.2, 0) is 6.42 Å². The fourth-order valence-corrected chi connectivity index (χ4v) is 2.60. The number of nitrogens with zero attached hydrogens (tertiary/aromatic N) is 2. The lowest BCUT2D eigenvalue weighted by molar-refractivity contribution is 0.0695. The molecule has 0 saturated carbocycles. The molecule has 0 radical (unpaired) electrons. The lowest BCUT2D eigenvalue weighted by atomic mass is 9.96. The number of nitrogens with one attached hydrogen (secondary N) is 1. The van der Waals surface area contributed by atoms with Crippen LogP contribution >= 0.6 is 0 Å². The van der Waals surface area contributed by atoms with E-state index in [-0.39, 0.29) is 6.03 Å². The number of rotatable bonds is 4. The van der Waals surface area contributed by atoms with Crippen molar-refractivity contribution in [1.29, 1.82) is 0 Å². The predicted molar refractivity (Wildman–Crippen MR) is 81.0 cm³/mol. The van der Waals surface area contributed by atoms with E-state index in [9.17, 15) is 14.7 Å². The molecule has 0 atom stereocenters. The van der Waals surface area contributed by atoms with E-state index in [0.717, 1.165) is 24.2 Å². The standard InChI is InChI=1S/C15H21N3O3/c1-16-8-10-17(2)15(21)18-9-4-6-11-12(14(19)20)5-3-7-13(11)18/h3,5,7,16H,4,6,8-10H2,1-2H3,(H,19,20). The number of carboxylic acids is 1. The van der Waals surface area contributed by atoms with Crippen LogP contribution in [0.5, 0.6) is 0 Å². The minimum atomic E-state index is -0.940. The first kappa shape index (κ1) is 15.3. The SMILES string of the molecule is CNCCN(C)C(=O)N1CCCc2c(C(=O)O)cccc21. The van der Waals surface area contributed by atoms with Crippen LogP contribution in [0.25, 0.3) is 0 Å². The monoisotopic (exact) mass is 291 g/mol. The summed E-state index contributed by atoms with van der Waals surface area (Å²) in [5.41, 5.74) is 1.77. The number of fused-ring (bicyclic) bond motifs is 1. The van der Waals surface area contributed by atoms with Gasteiger partial charge in [-0.05, 0) is 37.6 Å². The first-order chi connectivity index (χ1) is 10.1. The van der Waals surface area contributed by atoms with Crippen molar-refractivity contribution in [3.8, 4) is 0 Å². The van der Waals surface area contributed by atoms with Crippen LogP contribution in [-0.4, -0.2) is 55.7 Å². The summed E-state index contributed by atoms with van der Waals surface area (Å²) in [5, 5.41) is 12.3. The summed E-state index contributed by atoms with van der Waals surface area (Å²) < 4.78 is 0. The van der Waals surface area contributed by atoms with Crippen LogP contribution < -0.4 is 10.2 Å². The number of urea groups is 1. The second-order valence-electron chi connectivity index (χ2n) is 5.17. The van der Waals surface area contributed by atoms with Crippen LogP contribution in [0.15, 0.2) is 18.2 Å². The van der Waals surface area contributed by atoms with Crippen molar-refractivity contribution in [3.63, 3.8) is 0 Å². The van der Waals surface area contributed by atoms with Gasteiger partial charge in [0.25, 0.3) is 0 Å². The molecule has 114 valence electrons. The van der Waals surface area contributed by atoms with Gasteiger partial charge in [-0.2, -0.15) is 0 Å². The minimum Gasteiger partial charge on any atom is -0.478 e. The van der Waals surface area contributed by atoms with Gasteiger partial charge in [0.15, 0.2) is 0 Å². The van der Waals surface area contributed by atoms with Gasteiger partial charge in [-0.1, -0.05) is 6.07 Å². The molecule has 1 aliphatic rings. The molecule has 1 heterocycles. The largest absolute Gasteiger partial charge is 0.478 e. The van der Waals surface area contributed by atoms with Crippen molar-refractivity contribution in [2.45, 2.75) is 12.8 Å². The van der Waals surface area contributed by atoms with E-state index < -0.39 is 5.97 Å². The van der Waals surface area contributed by atoms with Gasteiger partial charge in [0.2, 0.25) is 0 Å². The van der Waals surface area contributed by atoms with Crippen molar-refractivity contribution in [2.24, 2.45) is 0 Å². The zero-order valence-corrected chi connectivity index (χ0v) is 12.4. The molecule has 0 aromatic heterocycles. The second-order valence-corrected chi connectivity index (χ2v) is 5.17. The molecule has 1 aliphatic heterocycles. The first-order valence-corrected chi connectivity index (χ1v) is 7.08. The molecule has 0 aliphatic carbocycles. The van der Waals surface area contributed by atoms with E-state index in [0.29, 0.717) is 25.1 Å². The molecule has 0 spiro atoms. The quantitative estimate of drug-likeness (QED) is 0.879. The van der Waals surface area contributed by atoms with Gasteiger partial charge in [-0.3, -0.25) is 4.90 Å². The molecule has 0 saturated heterocycles. The Morgan fingerprint density at radius 1 is 1.43 bits per heavy atom. The average molecular weight is 291 g/mol.